The third-order valence-electron chi connectivity index (χ3n) is 9.58. The Balaban J connectivity index is 4.45. The van der Waals surface area contributed by atoms with Gasteiger partial charge in [0, 0.05) is 12.2 Å². The highest BCUT2D eigenvalue weighted by molar-refractivity contribution is 7.45. The Bertz CT molecular complexity index is 980. The van der Waals surface area contributed by atoms with Crippen LogP contribution in [0.1, 0.15) is 194 Å². The van der Waals surface area contributed by atoms with Crippen LogP contribution in [-0.2, 0) is 32.7 Å². The van der Waals surface area contributed by atoms with Crippen molar-refractivity contribution in [1.82, 2.24) is 0 Å². The van der Waals surface area contributed by atoms with Gasteiger partial charge in [0.1, 0.15) is 19.8 Å². The number of phosphoric acid groups is 1. The summed E-state index contributed by atoms with van der Waals surface area (Å²) in [6, 6.07) is 0. The van der Waals surface area contributed by atoms with Gasteiger partial charge in [0.25, 0.3) is 7.82 Å². The number of nitrogens with zero attached hydrogens (tertiary/aromatic N) is 1. The van der Waals surface area contributed by atoms with Gasteiger partial charge in [-0.15, -0.1) is 0 Å². The molecule has 0 aromatic heterocycles. The third-order valence-corrected chi connectivity index (χ3v) is 10.5. The van der Waals surface area contributed by atoms with Crippen molar-refractivity contribution in [3.05, 3.63) is 24.3 Å². The van der Waals surface area contributed by atoms with Crippen LogP contribution in [0.3, 0.4) is 0 Å². The number of unbranched alkanes of at least 4 members (excludes halogenated alkanes) is 26. The molecule has 0 aromatic carbocycles. The molecule has 318 valence electrons. The zero-order valence-electron chi connectivity index (χ0n) is 35.7. The fourth-order valence-corrected chi connectivity index (χ4v) is 6.83. The van der Waals surface area contributed by atoms with Gasteiger partial charge in [0.15, 0.2) is 6.10 Å². The molecule has 2 atom stereocenters. The molecule has 1 unspecified atom stereocenters. The van der Waals surface area contributed by atoms with Gasteiger partial charge in [-0.25, -0.2) is 9.59 Å². The zero-order chi connectivity index (χ0) is 40.0. The van der Waals surface area contributed by atoms with Crippen molar-refractivity contribution in [2.45, 2.75) is 200 Å². The summed E-state index contributed by atoms with van der Waals surface area (Å²) in [4.78, 5) is 37.3. The first-order valence-corrected chi connectivity index (χ1v) is 23.6. The van der Waals surface area contributed by atoms with E-state index >= 15 is 0 Å². The molecule has 9 nitrogen and oxygen atoms in total. The van der Waals surface area contributed by atoms with Crippen LogP contribution in [0.2, 0.25) is 0 Å². The van der Waals surface area contributed by atoms with Gasteiger partial charge in [0.2, 0.25) is 0 Å². The van der Waals surface area contributed by atoms with E-state index in [1.807, 2.05) is 21.1 Å². The van der Waals surface area contributed by atoms with Crippen LogP contribution in [0.4, 0.5) is 0 Å². The number of allylic oxidation sites excluding steroid dienone is 2. The van der Waals surface area contributed by atoms with Crippen LogP contribution in [-0.4, -0.2) is 70.0 Å². The minimum absolute atomic E-state index is 0.0459. The van der Waals surface area contributed by atoms with Crippen molar-refractivity contribution < 1.29 is 42.1 Å². The highest BCUT2D eigenvalue weighted by atomic mass is 31.2. The molecular formula is C44H84NO8P. The molecule has 0 aliphatic carbocycles. The van der Waals surface area contributed by atoms with Crippen molar-refractivity contribution in [3.63, 3.8) is 0 Å². The van der Waals surface area contributed by atoms with Crippen molar-refractivity contribution in [3.8, 4) is 0 Å². The average Bonchev–Trinajstić information content (AvgIpc) is 3.12. The molecule has 0 bridgehead atoms. The summed E-state index contributed by atoms with van der Waals surface area (Å²) in [7, 11) is 1.11. The number of likely N-dealkylation sites (N-methyl/N-ethyl adjacent to an activating group) is 1. The zero-order valence-corrected chi connectivity index (χ0v) is 36.6. The van der Waals surface area contributed by atoms with Gasteiger partial charge in [-0.05, 0) is 25.7 Å². The fraction of sp³-hybridized carbons (Fsp3) is 0.864. The summed E-state index contributed by atoms with van der Waals surface area (Å²) >= 11 is 0. The maximum Gasteiger partial charge on any atom is 0.330 e. The lowest BCUT2D eigenvalue weighted by Crippen LogP contribution is -2.37. The van der Waals surface area contributed by atoms with Crippen LogP contribution in [0.5, 0.6) is 0 Å². The largest absolute Gasteiger partial charge is 0.756 e. The van der Waals surface area contributed by atoms with E-state index in [0.717, 1.165) is 38.5 Å². The molecule has 0 radical (unpaired) electrons. The van der Waals surface area contributed by atoms with E-state index in [0.29, 0.717) is 11.0 Å². The van der Waals surface area contributed by atoms with E-state index in [4.69, 9.17) is 18.5 Å². The number of hydrogen-bond donors (Lipinski definition) is 0. The Morgan fingerprint density at radius 1 is 0.556 bits per heavy atom. The summed E-state index contributed by atoms with van der Waals surface area (Å²) in [6.45, 7) is 4.08. The predicted molar refractivity (Wildman–Crippen MR) is 222 cm³/mol. The van der Waals surface area contributed by atoms with E-state index in [1.54, 1.807) is 12.2 Å². The molecule has 0 rings (SSSR count). The van der Waals surface area contributed by atoms with Crippen molar-refractivity contribution in [1.29, 1.82) is 0 Å². The van der Waals surface area contributed by atoms with E-state index < -0.39 is 32.5 Å². The summed E-state index contributed by atoms with van der Waals surface area (Å²) in [5.74, 6) is -1.22. The van der Waals surface area contributed by atoms with Crippen molar-refractivity contribution >= 4 is 19.8 Å². The number of carbonyl (C=O) groups excluding carboxylic acids is 2. The van der Waals surface area contributed by atoms with Gasteiger partial charge in [-0.1, -0.05) is 180 Å². The monoisotopic (exact) mass is 786 g/mol. The lowest BCUT2D eigenvalue weighted by Gasteiger charge is -2.28. The normalized spacial score (nSPS) is 13.8. The van der Waals surface area contributed by atoms with E-state index in [-0.39, 0.29) is 13.2 Å². The van der Waals surface area contributed by atoms with Crippen molar-refractivity contribution in [2.75, 3.05) is 47.5 Å². The second-order valence-corrected chi connectivity index (χ2v) is 17.6. The molecule has 0 aromatic rings. The predicted octanol–water partition coefficient (Wildman–Crippen LogP) is 11.7. The van der Waals surface area contributed by atoms with Crippen LogP contribution < -0.4 is 4.89 Å². The second-order valence-electron chi connectivity index (χ2n) is 16.1. The molecular weight excluding hydrogens is 701 g/mol. The summed E-state index contributed by atoms with van der Waals surface area (Å²) in [5, 5.41) is 0. The highest BCUT2D eigenvalue weighted by Crippen LogP contribution is 2.38. The van der Waals surface area contributed by atoms with Gasteiger partial charge < -0.3 is 27.9 Å². The van der Waals surface area contributed by atoms with Crippen LogP contribution in [0.25, 0.3) is 0 Å². The van der Waals surface area contributed by atoms with Gasteiger partial charge in [-0.3, -0.25) is 4.57 Å². The number of ether oxygens (including phenoxy) is 2. The number of quaternary nitrogens is 1. The molecule has 0 aliphatic heterocycles. The quantitative estimate of drug-likeness (QED) is 0.0198. The molecule has 0 amide bonds. The second kappa shape index (κ2) is 37.1. The topological polar surface area (TPSA) is 111 Å². The lowest BCUT2D eigenvalue weighted by atomic mass is 10.0. The number of esters is 2. The summed E-state index contributed by atoms with van der Waals surface area (Å²) in [5.41, 5.74) is 0. The number of phosphoric ester groups is 1. The van der Waals surface area contributed by atoms with Gasteiger partial charge in [-0.2, -0.15) is 0 Å². The number of rotatable bonds is 40. The van der Waals surface area contributed by atoms with Crippen LogP contribution in [0, 0.1) is 0 Å². The standard InChI is InChI=1S/C44H84NO8P/c1-6-8-10-12-14-16-18-20-22-24-26-28-30-32-34-36-43(46)50-40-42(41-52-54(48,49)51-39-38-45(3,4)5)53-44(47)37-35-33-31-29-27-25-23-21-19-17-15-13-11-9-7-2/h34-37,42H,6-33,38-41H2,1-5H3/b36-34-,37-35-/t42-/m1/s1. The summed E-state index contributed by atoms with van der Waals surface area (Å²) < 4.78 is 33.6. The van der Waals surface area contributed by atoms with E-state index in [1.165, 1.54) is 153 Å². The Hall–Kier alpha value is -1.51. The third kappa shape index (κ3) is 40.2. The molecule has 0 saturated carbocycles. The molecule has 0 saturated heterocycles. The minimum atomic E-state index is -4.65. The molecule has 10 heteroatoms. The molecule has 0 spiro atoms. The number of hydrogen-bond acceptors (Lipinski definition) is 8. The van der Waals surface area contributed by atoms with Crippen LogP contribution >= 0.6 is 7.82 Å². The van der Waals surface area contributed by atoms with E-state index in [2.05, 4.69) is 13.8 Å². The first kappa shape index (κ1) is 52.5. The minimum Gasteiger partial charge on any atom is -0.756 e. The molecule has 0 heterocycles. The Morgan fingerprint density at radius 2 is 0.926 bits per heavy atom. The highest BCUT2D eigenvalue weighted by Gasteiger charge is 2.20. The van der Waals surface area contributed by atoms with E-state index in [9.17, 15) is 19.0 Å². The Kier molecular flexibility index (Phi) is 36.1. The molecule has 0 fully saturated rings. The SMILES string of the molecule is CCCCCCCCCCCCCCC/C=C\C(=O)OC[C@H](COP(=O)([O-])OCC[N+](C)(C)C)OC(=O)/C=C\CCCCCCCCCCCCCCC. The first-order chi connectivity index (χ1) is 26.0. The fourth-order valence-electron chi connectivity index (χ4n) is 6.10. The smallest absolute Gasteiger partial charge is 0.330 e. The molecule has 0 N–H and O–H groups in total. The van der Waals surface area contributed by atoms with Crippen molar-refractivity contribution in [2.24, 2.45) is 0 Å². The van der Waals surface area contributed by atoms with Gasteiger partial charge in [0.05, 0.1) is 27.7 Å². The summed E-state index contributed by atoms with van der Waals surface area (Å²) in [6.07, 6.45) is 40.1. The van der Waals surface area contributed by atoms with Crippen LogP contribution in [0.15, 0.2) is 24.3 Å². The molecule has 54 heavy (non-hydrogen) atoms. The van der Waals surface area contributed by atoms with Gasteiger partial charge >= 0.3 is 11.9 Å². The maximum atomic E-state index is 12.6. The lowest BCUT2D eigenvalue weighted by molar-refractivity contribution is -0.870. The first-order valence-electron chi connectivity index (χ1n) is 22.1. The average molecular weight is 786 g/mol. The maximum absolute atomic E-state index is 12.6. The number of carbonyl (C=O) groups is 2. The Morgan fingerprint density at radius 3 is 1.31 bits per heavy atom. The molecule has 0 aliphatic rings. The Labute approximate surface area is 332 Å².